The van der Waals surface area contributed by atoms with Crippen LogP contribution in [0.2, 0.25) is 0 Å². The third kappa shape index (κ3) is 4.55. The summed E-state index contributed by atoms with van der Waals surface area (Å²) in [5.74, 6) is 0.138. The van der Waals surface area contributed by atoms with Crippen molar-refractivity contribution in [1.29, 1.82) is 0 Å². The lowest BCUT2D eigenvalue weighted by Crippen LogP contribution is -2.43. The molecule has 0 unspecified atom stereocenters. The van der Waals surface area contributed by atoms with E-state index in [2.05, 4.69) is 31.2 Å². The molecular formula is C19H29NO3. The molecule has 0 spiro atoms. The molecular weight excluding hydrogens is 290 g/mol. The predicted molar refractivity (Wildman–Crippen MR) is 91.1 cm³/mol. The molecule has 1 aliphatic carbocycles. The molecule has 23 heavy (non-hydrogen) atoms. The molecule has 1 amide bonds. The highest BCUT2D eigenvalue weighted by molar-refractivity contribution is 5.79. The van der Waals surface area contributed by atoms with Crippen LogP contribution in [0.4, 0.5) is 0 Å². The fourth-order valence-corrected chi connectivity index (χ4v) is 3.30. The fraction of sp³-hybridized carbons (Fsp3) is 0.632. The lowest BCUT2D eigenvalue weighted by atomic mass is 9.84. The highest BCUT2D eigenvalue weighted by Crippen LogP contribution is 2.28. The van der Waals surface area contributed by atoms with Gasteiger partial charge in [0, 0.05) is 26.1 Å². The van der Waals surface area contributed by atoms with Gasteiger partial charge < -0.3 is 14.7 Å². The minimum absolute atomic E-state index is 0.0433. The normalized spacial score (nSPS) is 24.4. The smallest absolute Gasteiger partial charge is 0.226 e. The molecule has 1 aromatic rings. The molecule has 3 atom stereocenters. The SMILES string of the molecule is CCc1ccc(CN(CC)C(=O)[C@@H]2CC[C@H](O)[C@H](OC)C2)cc1. The number of aliphatic hydroxyl groups excluding tert-OH is 1. The van der Waals surface area contributed by atoms with E-state index in [4.69, 9.17) is 4.74 Å². The van der Waals surface area contributed by atoms with Gasteiger partial charge in [0.2, 0.25) is 5.91 Å². The van der Waals surface area contributed by atoms with Crippen molar-refractivity contribution in [3.8, 4) is 0 Å². The van der Waals surface area contributed by atoms with Gasteiger partial charge in [0.25, 0.3) is 0 Å². The number of methoxy groups -OCH3 is 1. The van der Waals surface area contributed by atoms with Gasteiger partial charge in [-0.05, 0) is 43.7 Å². The Kier molecular flexibility index (Phi) is 6.60. The number of hydrogen-bond acceptors (Lipinski definition) is 3. The summed E-state index contributed by atoms with van der Waals surface area (Å²) in [4.78, 5) is 14.7. The Morgan fingerprint density at radius 2 is 1.87 bits per heavy atom. The van der Waals surface area contributed by atoms with E-state index < -0.39 is 6.10 Å². The van der Waals surface area contributed by atoms with Crippen molar-refractivity contribution in [1.82, 2.24) is 4.90 Å². The van der Waals surface area contributed by atoms with Crippen LogP contribution in [-0.2, 0) is 22.5 Å². The number of aryl methyl sites for hydroxylation is 1. The van der Waals surface area contributed by atoms with Crippen LogP contribution in [0.15, 0.2) is 24.3 Å². The van der Waals surface area contributed by atoms with Crippen molar-refractivity contribution in [2.75, 3.05) is 13.7 Å². The first-order valence-electron chi connectivity index (χ1n) is 8.66. The average molecular weight is 319 g/mol. The molecule has 1 fully saturated rings. The maximum Gasteiger partial charge on any atom is 0.226 e. The lowest BCUT2D eigenvalue weighted by Gasteiger charge is -2.34. The Balaban J connectivity index is 2.00. The summed E-state index contributed by atoms with van der Waals surface area (Å²) < 4.78 is 5.32. The highest BCUT2D eigenvalue weighted by Gasteiger charge is 2.34. The topological polar surface area (TPSA) is 49.8 Å². The van der Waals surface area contributed by atoms with E-state index in [9.17, 15) is 9.90 Å². The molecule has 4 nitrogen and oxygen atoms in total. The first-order valence-corrected chi connectivity index (χ1v) is 8.66. The van der Waals surface area contributed by atoms with Gasteiger partial charge in [-0.3, -0.25) is 4.79 Å². The van der Waals surface area contributed by atoms with Gasteiger partial charge in [-0.25, -0.2) is 0 Å². The monoisotopic (exact) mass is 319 g/mol. The van der Waals surface area contributed by atoms with Gasteiger partial charge in [0.1, 0.15) is 0 Å². The van der Waals surface area contributed by atoms with E-state index in [0.29, 0.717) is 25.9 Å². The number of hydrogen-bond donors (Lipinski definition) is 1. The third-order valence-electron chi connectivity index (χ3n) is 4.91. The van der Waals surface area contributed by atoms with Crippen LogP contribution < -0.4 is 0 Å². The summed E-state index contributed by atoms with van der Waals surface area (Å²) in [6.07, 6.45) is 2.35. The Hall–Kier alpha value is -1.39. The second-order valence-corrected chi connectivity index (χ2v) is 6.37. The molecule has 2 rings (SSSR count). The van der Waals surface area contributed by atoms with Crippen molar-refractivity contribution in [2.45, 2.75) is 58.3 Å². The maximum atomic E-state index is 12.8. The Morgan fingerprint density at radius 3 is 2.43 bits per heavy atom. The minimum atomic E-state index is -0.444. The lowest BCUT2D eigenvalue weighted by molar-refractivity contribution is -0.141. The molecule has 0 saturated heterocycles. The highest BCUT2D eigenvalue weighted by atomic mass is 16.5. The second kappa shape index (κ2) is 8.46. The van der Waals surface area contributed by atoms with Crippen LogP contribution in [0, 0.1) is 5.92 Å². The average Bonchev–Trinajstić information content (AvgIpc) is 2.60. The minimum Gasteiger partial charge on any atom is -0.390 e. The molecule has 128 valence electrons. The van der Waals surface area contributed by atoms with Crippen molar-refractivity contribution in [3.05, 3.63) is 35.4 Å². The van der Waals surface area contributed by atoms with E-state index in [1.807, 2.05) is 11.8 Å². The van der Waals surface area contributed by atoms with E-state index >= 15 is 0 Å². The summed E-state index contributed by atoms with van der Waals surface area (Å²) in [7, 11) is 1.60. The molecule has 0 aliphatic heterocycles. The van der Waals surface area contributed by atoms with Crippen LogP contribution in [-0.4, -0.2) is 41.8 Å². The summed E-state index contributed by atoms with van der Waals surface area (Å²) in [5.41, 5.74) is 2.48. The number of rotatable bonds is 6. The van der Waals surface area contributed by atoms with Gasteiger partial charge >= 0.3 is 0 Å². The quantitative estimate of drug-likeness (QED) is 0.877. The second-order valence-electron chi connectivity index (χ2n) is 6.37. The standard InChI is InChI=1S/C19H29NO3/c1-4-14-6-8-15(9-7-14)13-20(5-2)19(22)16-10-11-17(21)18(12-16)23-3/h6-9,16-18,21H,4-5,10-13H2,1-3H3/t16-,17+,18-/m1/s1. The van der Waals surface area contributed by atoms with Crippen molar-refractivity contribution >= 4 is 5.91 Å². The van der Waals surface area contributed by atoms with E-state index in [0.717, 1.165) is 18.4 Å². The number of carbonyl (C=O) groups excluding carboxylic acids is 1. The molecule has 4 heteroatoms. The number of nitrogens with zero attached hydrogens (tertiary/aromatic N) is 1. The Morgan fingerprint density at radius 1 is 1.22 bits per heavy atom. The molecule has 0 radical (unpaired) electrons. The maximum absolute atomic E-state index is 12.8. The number of carbonyl (C=O) groups is 1. The van der Waals surface area contributed by atoms with Crippen molar-refractivity contribution < 1.29 is 14.6 Å². The van der Waals surface area contributed by atoms with Gasteiger partial charge in [-0.1, -0.05) is 31.2 Å². The molecule has 1 saturated carbocycles. The van der Waals surface area contributed by atoms with Crippen LogP contribution in [0.25, 0.3) is 0 Å². The van der Waals surface area contributed by atoms with Crippen LogP contribution in [0.1, 0.15) is 44.2 Å². The van der Waals surface area contributed by atoms with Gasteiger partial charge in [0.15, 0.2) is 0 Å². The van der Waals surface area contributed by atoms with E-state index in [1.54, 1.807) is 7.11 Å². The Bertz CT molecular complexity index is 500. The summed E-state index contributed by atoms with van der Waals surface area (Å²) in [6.45, 7) is 5.51. The number of benzene rings is 1. The van der Waals surface area contributed by atoms with Crippen LogP contribution in [0.5, 0.6) is 0 Å². The Labute approximate surface area is 139 Å². The summed E-state index contributed by atoms with van der Waals surface area (Å²) >= 11 is 0. The van der Waals surface area contributed by atoms with Crippen molar-refractivity contribution in [3.63, 3.8) is 0 Å². The zero-order valence-electron chi connectivity index (χ0n) is 14.5. The number of amides is 1. The molecule has 1 aromatic carbocycles. The molecule has 0 bridgehead atoms. The first-order chi connectivity index (χ1) is 11.1. The number of aliphatic hydroxyl groups is 1. The summed E-state index contributed by atoms with van der Waals surface area (Å²) in [6, 6.07) is 8.48. The first kappa shape index (κ1) is 18.0. The molecule has 0 heterocycles. The predicted octanol–water partition coefficient (Wildman–Crippen LogP) is 2.77. The molecule has 1 aliphatic rings. The van der Waals surface area contributed by atoms with Gasteiger partial charge in [-0.2, -0.15) is 0 Å². The largest absolute Gasteiger partial charge is 0.390 e. The third-order valence-corrected chi connectivity index (χ3v) is 4.91. The van der Waals surface area contributed by atoms with Crippen LogP contribution in [0.3, 0.4) is 0 Å². The van der Waals surface area contributed by atoms with Gasteiger partial charge in [0.05, 0.1) is 12.2 Å². The zero-order valence-corrected chi connectivity index (χ0v) is 14.5. The number of ether oxygens (including phenoxy) is 1. The molecule has 0 aromatic heterocycles. The fourth-order valence-electron chi connectivity index (χ4n) is 3.30. The van der Waals surface area contributed by atoms with Crippen molar-refractivity contribution in [2.24, 2.45) is 5.92 Å². The van der Waals surface area contributed by atoms with E-state index in [-0.39, 0.29) is 17.9 Å². The summed E-state index contributed by atoms with van der Waals surface area (Å²) in [5, 5.41) is 9.90. The van der Waals surface area contributed by atoms with Gasteiger partial charge in [-0.15, -0.1) is 0 Å². The zero-order chi connectivity index (χ0) is 16.8. The molecule has 1 N–H and O–H groups in total. The van der Waals surface area contributed by atoms with E-state index in [1.165, 1.54) is 5.56 Å². The van der Waals surface area contributed by atoms with Crippen LogP contribution >= 0.6 is 0 Å².